The highest BCUT2D eigenvalue weighted by atomic mass is 16.5. The molecule has 9 nitrogen and oxygen atoms in total. The van der Waals surface area contributed by atoms with Crippen LogP contribution in [0.15, 0.2) is 53.7 Å². The van der Waals surface area contributed by atoms with Crippen LogP contribution in [0.25, 0.3) is 0 Å². The third-order valence-electron chi connectivity index (χ3n) is 5.42. The number of nitrogens with zero attached hydrogens (tertiary/aromatic N) is 1. The summed E-state index contributed by atoms with van der Waals surface area (Å²) in [5.41, 5.74) is 1.73. The lowest BCUT2D eigenvalue weighted by atomic mass is 9.94. The zero-order valence-corrected chi connectivity index (χ0v) is 19.8. The molecule has 180 valence electrons. The van der Waals surface area contributed by atoms with Gasteiger partial charge < -0.3 is 24.3 Å². The molecule has 1 N–H and O–H groups in total. The topological polar surface area (TPSA) is 103 Å². The van der Waals surface area contributed by atoms with Crippen molar-refractivity contribution < 1.29 is 33.3 Å². The fourth-order valence-corrected chi connectivity index (χ4v) is 3.57. The largest absolute Gasteiger partial charge is 0.497 e. The minimum Gasteiger partial charge on any atom is -0.497 e. The van der Waals surface area contributed by atoms with E-state index in [1.165, 1.54) is 26.0 Å². The fraction of sp³-hybridized carbons (Fsp3) is 0.320. The molecule has 1 heterocycles. The molecular formula is C25H28N2O7. The summed E-state index contributed by atoms with van der Waals surface area (Å²) in [6, 6.07) is 10.5. The van der Waals surface area contributed by atoms with Crippen molar-refractivity contribution in [2.75, 3.05) is 34.5 Å². The first-order chi connectivity index (χ1) is 16.3. The minimum absolute atomic E-state index is 0.0564. The molecule has 34 heavy (non-hydrogen) atoms. The van der Waals surface area contributed by atoms with E-state index in [1.807, 2.05) is 0 Å². The number of nitrogens with one attached hydrogen (secondary N) is 1. The summed E-state index contributed by atoms with van der Waals surface area (Å²) in [7, 11) is 4.59. The van der Waals surface area contributed by atoms with E-state index < -0.39 is 18.0 Å². The van der Waals surface area contributed by atoms with Gasteiger partial charge in [0.2, 0.25) is 0 Å². The quantitative estimate of drug-likeness (QED) is 0.444. The van der Waals surface area contributed by atoms with Crippen LogP contribution in [-0.4, -0.2) is 57.2 Å². The van der Waals surface area contributed by atoms with E-state index in [0.717, 1.165) is 0 Å². The lowest BCUT2D eigenvalue weighted by Crippen LogP contribution is -2.48. The highest BCUT2D eigenvalue weighted by Crippen LogP contribution is 2.35. The highest BCUT2D eigenvalue weighted by molar-refractivity contribution is 5.95. The fourth-order valence-electron chi connectivity index (χ4n) is 3.57. The second kappa shape index (κ2) is 10.7. The van der Waals surface area contributed by atoms with Gasteiger partial charge in [-0.3, -0.25) is 9.69 Å². The number of carbonyl (C=O) groups excluding carboxylic acids is 3. The zero-order chi connectivity index (χ0) is 24.8. The number of rotatable bonds is 9. The van der Waals surface area contributed by atoms with Crippen molar-refractivity contribution in [3.05, 3.63) is 64.9 Å². The van der Waals surface area contributed by atoms with Crippen LogP contribution in [0, 0.1) is 0 Å². The first-order valence-electron chi connectivity index (χ1n) is 10.7. The van der Waals surface area contributed by atoms with Crippen LogP contribution < -0.4 is 19.5 Å². The molecule has 2 aromatic carbocycles. The van der Waals surface area contributed by atoms with Crippen LogP contribution in [-0.2, 0) is 9.53 Å². The van der Waals surface area contributed by atoms with Crippen molar-refractivity contribution in [1.82, 2.24) is 10.2 Å². The number of carbonyl (C=O) groups is 3. The zero-order valence-electron chi connectivity index (χ0n) is 19.8. The van der Waals surface area contributed by atoms with Gasteiger partial charge in [-0.05, 0) is 55.8 Å². The SMILES string of the molecule is CCOC(=O)C1=C(COc2ccc(C(C)=O)cc2)N(C)C(=O)N[C@@H]1c1cc(OC)cc(OC)c1. The molecule has 0 radical (unpaired) electrons. The Morgan fingerprint density at radius 1 is 1.00 bits per heavy atom. The van der Waals surface area contributed by atoms with Gasteiger partial charge in [0.1, 0.15) is 23.9 Å². The molecular weight excluding hydrogens is 440 g/mol. The van der Waals surface area contributed by atoms with Crippen molar-refractivity contribution in [2.24, 2.45) is 0 Å². The number of likely N-dealkylation sites (N-methyl/N-ethyl adjacent to an activating group) is 1. The smallest absolute Gasteiger partial charge is 0.338 e. The Morgan fingerprint density at radius 2 is 1.62 bits per heavy atom. The van der Waals surface area contributed by atoms with Gasteiger partial charge in [0.05, 0.1) is 38.1 Å². The molecule has 9 heteroatoms. The number of amides is 2. The van der Waals surface area contributed by atoms with E-state index in [0.29, 0.717) is 34.1 Å². The molecule has 2 aromatic rings. The lowest BCUT2D eigenvalue weighted by Gasteiger charge is -2.34. The maximum absolute atomic E-state index is 13.1. The number of Topliss-reactive ketones (excluding diaryl/α,β-unsaturated/α-hetero) is 1. The maximum atomic E-state index is 13.1. The first kappa shape index (κ1) is 24.6. The summed E-state index contributed by atoms with van der Waals surface area (Å²) < 4.78 is 21.9. The second-order valence-electron chi connectivity index (χ2n) is 7.54. The second-order valence-corrected chi connectivity index (χ2v) is 7.54. The molecule has 0 saturated heterocycles. The van der Waals surface area contributed by atoms with E-state index in [-0.39, 0.29) is 24.6 Å². The van der Waals surface area contributed by atoms with Gasteiger partial charge in [0.25, 0.3) is 0 Å². The van der Waals surface area contributed by atoms with Crippen molar-refractivity contribution in [2.45, 2.75) is 19.9 Å². The van der Waals surface area contributed by atoms with Crippen LogP contribution in [0.2, 0.25) is 0 Å². The first-order valence-corrected chi connectivity index (χ1v) is 10.7. The molecule has 0 unspecified atom stereocenters. The van der Waals surface area contributed by atoms with Gasteiger partial charge in [-0.25, -0.2) is 9.59 Å². The van der Waals surface area contributed by atoms with Crippen molar-refractivity contribution >= 4 is 17.8 Å². The van der Waals surface area contributed by atoms with Gasteiger partial charge in [-0.2, -0.15) is 0 Å². The lowest BCUT2D eigenvalue weighted by molar-refractivity contribution is -0.139. The van der Waals surface area contributed by atoms with Crippen molar-refractivity contribution in [3.8, 4) is 17.2 Å². The maximum Gasteiger partial charge on any atom is 0.338 e. The van der Waals surface area contributed by atoms with Crippen LogP contribution >= 0.6 is 0 Å². The van der Waals surface area contributed by atoms with Gasteiger partial charge in [-0.15, -0.1) is 0 Å². The molecule has 0 spiro atoms. The molecule has 1 aliphatic rings. The summed E-state index contributed by atoms with van der Waals surface area (Å²) >= 11 is 0. The van der Waals surface area contributed by atoms with Crippen molar-refractivity contribution in [3.63, 3.8) is 0 Å². The summed E-state index contributed by atoms with van der Waals surface area (Å²) in [5, 5.41) is 2.85. The molecule has 0 saturated carbocycles. The minimum atomic E-state index is -0.814. The molecule has 1 atom stereocenters. The van der Waals surface area contributed by atoms with Crippen LogP contribution in [0.4, 0.5) is 4.79 Å². The van der Waals surface area contributed by atoms with E-state index in [9.17, 15) is 14.4 Å². The Kier molecular flexibility index (Phi) is 7.78. The highest BCUT2D eigenvalue weighted by Gasteiger charge is 2.37. The molecule has 1 aliphatic heterocycles. The monoisotopic (exact) mass is 468 g/mol. The Morgan fingerprint density at radius 3 is 2.15 bits per heavy atom. The Bertz CT molecular complexity index is 1090. The number of ketones is 1. The standard InChI is InChI=1S/C25H28N2O7/c1-6-33-24(29)22-21(14-34-18-9-7-16(8-10-18)15(2)28)27(3)25(30)26-23(22)17-11-19(31-4)13-20(12-17)32-5/h7-13,23H,6,14H2,1-5H3,(H,26,30)/t23-/m1/s1. The van der Waals surface area contributed by atoms with Gasteiger partial charge >= 0.3 is 12.0 Å². The molecule has 2 amide bonds. The predicted octanol–water partition coefficient (Wildman–Crippen LogP) is 3.50. The van der Waals surface area contributed by atoms with E-state index >= 15 is 0 Å². The third-order valence-corrected chi connectivity index (χ3v) is 5.42. The Balaban J connectivity index is 2.04. The van der Waals surface area contributed by atoms with Crippen LogP contribution in [0.1, 0.15) is 35.8 Å². The number of esters is 1. The molecule has 0 aromatic heterocycles. The average Bonchev–Trinajstić information content (AvgIpc) is 2.84. The third kappa shape index (κ3) is 5.31. The summed E-state index contributed by atoms with van der Waals surface area (Å²) in [6.07, 6.45) is 0. The number of urea groups is 1. The number of benzene rings is 2. The van der Waals surface area contributed by atoms with Gasteiger partial charge in [-0.1, -0.05) is 0 Å². The summed E-state index contributed by atoms with van der Waals surface area (Å²) in [5.74, 6) is 0.869. The predicted molar refractivity (Wildman–Crippen MR) is 124 cm³/mol. The molecule has 3 rings (SSSR count). The number of hydrogen-bond donors (Lipinski definition) is 1. The Labute approximate surface area is 198 Å². The number of ether oxygens (including phenoxy) is 4. The van der Waals surface area contributed by atoms with Crippen LogP contribution in [0.5, 0.6) is 17.2 Å². The summed E-state index contributed by atoms with van der Waals surface area (Å²) in [4.78, 5) is 38.7. The number of hydrogen-bond acceptors (Lipinski definition) is 7. The van der Waals surface area contributed by atoms with Crippen LogP contribution in [0.3, 0.4) is 0 Å². The molecule has 0 fully saturated rings. The van der Waals surface area contributed by atoms with E-state index in [4.69, 9.17) is 18.9 Å². The normalized spacial score (nSPS) is 15.5. The van der Waals surface area contributed by atoms with Gasteiger partial charge in [0, 0.05) is 18.7 Å². The summed E-state index contributed by atoms with van der Waals surface area (Å²) in [6.45, 7) is 3.28. The molecule has 0 aliphatic carbocycles. The molecule has 0 bridgehead atoms. The Hall–Kier alpha value is -4.01. The van der Waals surface area contributed by atoms with E-state index in [1.54, 1.807) is 56.4 Å². The van der Waals surface area contributed by atoms with E-state index in [2.05, 4.69) is 5.32 Å². The van der Waals surface area contributed by atoms with Gasteiger partial charge in [0.15, 0.2) is 5.78 Å². The average molecular weight is 469 g/mol. The number of methoxy groups -OCH3 is 2. The van der Waals surface area contributed by atoms with Crippen molar-refractivity contribution in [1.29, 1.82) is 0 Å².